The predicted octanol–water partition coefficient (Wildman–Crippen LogP) is 3.62. The third-order valence-corrected chi connectivity index (χ3v) is 4.21. The molecule has 1 aliphatic rings. The number of nitrogens with zero attached hydrogens (tertiary/aromatic N) is 1. The zero-order valence-electron chi connectivity index (χ0n) is 9.74. The molecule has 0 amide bonds. The Morgan fingerprint density at radius 2 is 2.11 bits per heavy atom. The fourth-order valence-electron chi connectivity index (χ4n) is 2.54. The Morgan fingerprint density at radius 3 is 2.72 bits per heavy atom. The van der Waals surface area contributed by atoms with E-state index in [2.05, 4.69) is 4.98 Å². The fraction of sp³-hybridized carbons (Fsp3) is 0.667. The van der Waals surface area contributed by atoms with Crippen LogP contribution in [0.4, 0.5) is 13.2 Å². The molecule has 0 spiro atoms. The normalized spacial score (nSPS) is 25.1. The minimum absolute atomic E-state index is 0.0852. The van der Waals surface area contributed by atoms with Crippen LogP contribution in [0.1, 0.15) is 30.6 Å². The summed E-state index contributed by atoms with van der Waals surface area (Å²) in [6, 6.07) is 0. The van der Waals surface area contributed by atoms with Gasteiger partial charge >= 0.3 is 6.18 Å². The first-order chi connectivity index (χ1) is 8.48. The van der Waals surface area contributed by atoms with Crippen molar-refractivity contribution < 1.29 is 18.0 Å². The van der Waals surface area contributed by atoms with Gasteiger partial charge in [0.15, 0.2) is 0 Å². The number of rotatable bonds is 3. The van der Waals surface area contributed by atoms with Gasteiger partial charge in [-0.25, -0.2) is 0 Å². The van der Waals surface area contributed by atoms with Crippen LogP contribution in [-0.2, 0) is 11.2 Å². The highest BCUT2D eigenvalue weighted by Gasteiger charge is 2.47. The van der Waals surface area contributed by atoms with Crippen molar-refractivity contribution in [2.75, 3.05) is 0 Å². The van der Waals surface area contributed by atoms with Gasteiger partial charge in [0.25, 0.3) is 0 Å². The number of aromatic nitrogens is 1. The molecule has 1 saturated carbocycles. The minimum atomic E-state index is -4.26. The van der Waals surface area contributed by atoms with Gasteiger partial charge in [0.1, 0.15) is 5.78 Å². The second-order valence-electron chi connectivity index (χ2n) is 4.65. The third-order valence-electron chi connectivity index (χ3n) is 3.43. The summed E-state index contributed by atoms with van der Waals surface area (Å²) in [5.41, 5.74) is 1.59. The number of Topliss-reactive ketones (excluding diaryl/α,β-unsaturated/α-hetero) is 1. The molecule has 1 heterocycles. The van der Waals surface area contributed by atoms with Gasteiger partial charge in [-0.05, 0) is 12.8 Å². The minimum Gasteiger partial charge on any atom is -0.299 e. The highest BCUT2D eigenvalue weighted by molar-refractivity contribution is 7.09. The lowest BCUT2D eigenvalue weighted by Crippen LogP contribution is -2.37. The average molecular weight is 277 g/mol. The molecule has 2 nitrogen and oxygen atoms in total. The molecule has 0 aromatic carbocycles. The van der Waals surface area contributed by atoms with E-state index >= 15 is 0 Å². The lowest BCUT2D eigenvalue weighted by Gasteiger charge is -2.31. The van der Waals surface area contributed by atoms with Gasteiger partial charge in [-0.3, -0.25) is 9.78 Å². The molecule has 0 saturated heterocycles. The molecule has 0 aliphatic heterocycles. The van der Waals surface area contributed by atoms with Crippen LogP contribution in [0.5, 0.6) is 0 Å². The third kappa shape index (κ3) is 3.10. The lowest BCUT2D eigenvalue weighted by molar-refractivity contribution is -0.197. The van der Waals surface area contributed by atoms with E-state index in [1.807, 2.05) is 0 Å². The monoisotopic (exact) mass is 277 g/mol. The summed E-state index contributed by atoms with van der Waals surface area (Å²) in [6.45, 7) is 0. The van der Waals surface area contributed by atoms with Crippen LogP contribution in [0.15, 0.2) is 11.7 Å². The first-order valence-electron chi connectivity index (χ1n) is 5.95. The average Bonchev–Trinajstić information content (AvgIpc) is 2.80. The van der Waals surface area contributed by atoms with Crippen molar-refractivity contribution in [2.45, 2.75) is 38.3 Å². The number of thiazole rings is 1. The van der Waals surface area contributed by atoms with Crippen molar-refractivity contribution in [1.82, 2.24) is 4.98 Å². The molecule has 1 fully saturated rings. The van der Waals surface area contributed by atoms with Gasteiger partial charge in [0.2, 0.25) is 0 Å². The predicted molar refractivity (Wildman–Crippen MR) is 62.3 cm³/mol. The second kappa shape index (κ2) is 5.38. The zero-order chi connectivity index (χ0) is 13.2. The molecule has 6 heteroatoms. The van der Waals surface area contributed by atoms with Crippen LogP contribution in [0, 0.1) is 11.8 Å². The highest BCUT2D eigenvalue weighted by Crippen LogP contribution is 2.42. The van der Waals surface area contributed by atoms with E-state index in [1.165, 1.54) is 11.3 Å². The number of hydrogen-bond donors (Lipinski definition) is 0. The molecule has 2 unspecified atom stereocenters. The van der Waals surface area contributed by atoms with Crippen molar-refractivity contribution in [3.8, 4) is 0 Å². The number of hydrogen-bond acceptors (Lipinski definition) is 3. The summed E-state index contributed by atoms with van der Waals surface area (Å²) < 4.78 is 38.6. The van der Waals surface area contributed by atoms with Crippen molar-refractivity contribution in [3.63, 3.8) is 0 Å². The second-order valence-corrected chi connectivity index (χ2v) is 5.62. The van der Waals surface area contributed by atoms with Gasteiger partial charge in [-0.2, -0.15) is 13.2 Å². The molecule has 100 valence electrons. The van der Waals surface area contributed by atoms with Crippen molar-refractivity contribution in [2.24, 2.45) is 11.8 Å². The fourth-order valence-corrected chi connectivity index (χ4v) is 3.14. The topological polar surface area (TPSA) is 30.0 Å². The van der Waals surface area contributed by atoms with E-state index in [4.69, 9.17) is 0 Å². The maximum atomic E-state index is 12.9. The largest absolute Gasteiger partial charge is 0.392 e. The maximum absolute atomic E-state index is 12.9. The SMILES string of the molecule is O=C(Cc1cncs1)C1CCCCC1C(F)(F)F. The summed E-state index contributed by atoms with van der Waals surface area (Å²) in [6.07, 6.45) is -0.894. The Hall–Kier alpha value is -0.910. The van der Waals surface area contributed by atoms with Crippen LogP contribution in [0.2, 0.25) is 0 Å². The Morgan fingerprint density at radius 1 is 1.39 bits per heavy atom. The van der Waals surface area contributed by atoms with Crippen LogP contribution >= 0.6 is 11.3 Å². The first-order valence-corrected chi connectivity index (χ1v) is 6.83. The lowest BCUT2D eigenvalue weighted by atomic mass is 9.76. The highest BCUT2D eigenvalue weighted by atomic mass is 32.1. The zero-order valence-corrected chi connectivity index (χ0v) is 10.6. The van der Waals surface area contributed by atoms with Crippen LogP contribution in [-0.4, -0.2) is 16.9 Å². The van der Waals surface area contributed by atoms with Crippen LogP contribution in [0.25, 0.3) is 0 Å². The van der Waals surface area contributed by atoms with Gasteiger partial charge in [0.05, 0.1) is 11.4 Å². The molecular weight excluding hydrogens is 263 g/mol. The quantitative estimate of drug-likeness (QED) is 0.844. The summed E-state index contributed by atoms with van der Waals surface area (Å²) in [4.78, 5) is 16.6. The Labute approximate surface area is 107 Å². The van der Waals surface area contributed by atoms with E-state index in [1.54, 1.807) is 11.7 Å². The number of carbonyl (C=O) groups is 1. The molecular formula is C12H14F3NOS. The molecule has 2 rings (SSSR count). The Kier molecular flexibility index (Phi) is 4.04. The molecule has 1 aliphatic carbocycles. The molecule has 1 aromatic heterocycles. The van der Waals surface area contributed by atoms with Gasteiger partial charge in [0, 0.05) is 23.4 Å². The number of ketones is 1. The first kappa shape index (κ1) is 13.5. The van der Waals surface area contributed by atoms with Crippen LogP contribution in [0.3, 0.4) is 0 Å². The van der Waals surface area contributed by atoms with Crippen molar-refractivity contribution in [1.29, 1.82) is 0 Å². The van der Waals surface area contributed by atoms with E-state index in [0.717, 1.165) is 4.88 Å². The smallest absolute Gasteiger partial charge is 0.299 e. The van der Waals surface area contributed by atoms with Crippen molar-refractivity contribution in [3.05, 3.63) is 16.6 Å². The summed E-state index contributed by atoms with van der Waals surface area (Å²) >= 11 is 1.31. The number of carbonyl (C=O) groups excluding carboxylic acids is 1. The van der Waals surface area contributed by atoms with E-state index in [0.29, 0.717) is 19.3 Å². The Bertz CT molecular complexity index is 402. The van der Waals surface area contributed by atoms with Crippen molar-refractivity contribution >= 4 is 17.1 Å². The molecule has 1 aromatic rings. The van der Waals surface area contributed by atoms with E-state index in [-0.39, 0.29) is 18.6 Å². The molecule has 18 heavy (non-hydrogen) atoms. The molecule has 0 bridgehead atoms. The van der Waals surface area contributed by atoms with Crippen LogP contribution < -0.4 is 0 Å². The van der Waals surface area contributed by atoms with E-state index in [9.17, 15) is 18.0 Å². The van der Waals surface area contributed by atoms with Gasteiger partial charge in [-0.1, -0.05) is 12.8 Å². The standard InChI is InChI=1S/C12H14F3NOS/c13-12(14,15)10-4-2-1-3-9(10)11(17)5-8-6-16-7-18-8/h6-7,9-10H,1-5H2. The summed E-state index contributed by atoms with van der Waals surface area (Å²) in [7, 11) is 0. The Balaban J connectivity index is 2.06. The summed E-state index contributed by atoms with van der Waals surface area (Å²) in [5.74, 6) is -2.60. The summed E-state index contributed by atoms with van der Waals surface area (Å²) in [5, 5.41) is 0. The van der Waals surface area contributed by atoms with Gasteiger partial charge < -0.3 is 0 Å². The number of halogens is 3. The van der Waals surface area contributed by atoms with Gasteiger partial charge in [-0.15, -0.1) is 11.3 Å². The van der Waals surface area contributed by atoms with E-state index < -0.39 is 18.0 Å². The molecule has 0 radical (unpaired) electrons. The maximum Gasteiger partial charge on any atom is 0.392 e. The molecule has 2 atom stereocenters. The molecule has 0 N–H and O–H groups in total. The number of alkyl halides is 3.